The fourth-order valence-corrected chi connectivity index (χ4v) is 4.44. The van der Waals surface area contributed by atoms with Crippen molar-refractivity contribution in [3.8, 4) is 0 Å². The van der Waals surface area contributed by atoms with E-state index < -0.39 is 10.0 Å². The molecule has 2 rings (SSSR count). The lowest BCUT2D eigenvalue weighted by Crippen LogP contribution is -1.90. The lowest BCUT2D eigenvalue weighted by molar-refractivity contribution is 0.603. The van der Waals surface area contributed by atoms with Gasteiger partial charge in [0.05, 0.1) is 6.20 Å². The van der Waals surface area contributed by atoms with Crippen molar-refractivity contribution in [2.75, 3.05) is 5.08 Å². The van der Waals surface area contributed by atoms with Gasteiger partial charge in [-0.3, -0.25) is 0 Å². The molecule has 6 nitrogen and oxygen atoms in total. The molecule has 13 heavy (non-hydrogen) atoms. The molecule has 1 aliphatic rings. The summed E-state index contributed by atoms with van der Waals surface area (Å²) in [6.45, 7) is 0. The van der Waals surface area contributed by atoms with Crippen LogP contribution in [0.2, 0.25) is 0 Å². The average molecular weight is 236 g/mol. The molecule has 70 valence electrons. The second-order valence-corrected chi connectivity index (χ2v) is 6.34. The Kier molecular flexibility index (Phi) is 2.30. The Hall–Kier alpha value is -0.540. The maximum Gasteiger partial charge on any atom is 0.264 e. The molecule has 0 fully saturated rings. The number of aromatic nitrogens is 3. The molecule has 0 spiro atoms. The number of H-pyrrole nitrogens is 1. The summed E-state index contributed by atoms with van der Waals surface area (Å²) in [4.78, 5) is 0. The zero-order valence-corrected chi connectivity index (χ0v) is 8.62. The highest BCUT2D eigenvalue weighted by Crippen LogP contribution is 2.30. The number of rotatable bonds is 1. The Balaban J connectivity index is 2.14. The number of aromatic amines is 1. The highest BCUT2D eigenvalue weighted by molar-refractivity contribution is 8.43. The zero-order valence-electron chi connectivity index (χ0n) is 6.17. The summed E-state index contributed by atoms with van der Waals surface area (Å²) in [7, 11) is -3.23. The van der Waals surface area contributed by atoms with Crippen LogP contribution in [0, 0.1) is 0 Å². The fraction of sp³-hybridized carbons (Fsp3) is 0.250. The molecular formula is C4H4N4O2S3. The van der Waals surface area contributed by atoms with Gasteiger partial charge in [0, 0.05) is 0 Å². The second-order valence-electron chi connectivity index (χ2n) is 2.11. The van der Waals surface area contributed by atoms with E-state index in [1.54, 1.807) is 0 Å². The summed E-state index contributed by atoms with van der Waals surface area (Å²) in [6, 6.07) is 0. The van der Waals surface area contributed by atoms with Gasteiger partial charge in [-0.2, -0.15) is 10.3 Å². The van der Waals surface area contributed by atoms with Crippen LogP contribution in [0.5, 0.6) is 0 Å². The number of hydrogen-bond acceptors (Lipinski definition) is 6. The van der Waals surface area contributed by atoms with Gasteiger partial charge in [-0.25, -0.2) is 8.42 Å². The standard InChI is InChI=1S/C4H4N4O2S3/c9-13(10)2-11-4(7-13)12-3-1-5-8-6-3/h1H,2H2,(H,5,6,8). The van der Waals surface area contributed by atoms with Gasteiger partial charge in [0.2, 0.25) is 0 Å². The smallest absolute Gasteiger partial charge is 0.204 e. The first kappa shape index (κ1) is 9.03. The van der Waals surface area contributed by atoms with Crippen molar-refractivity contribution in [1.29, 1.82) is 0 Å². The van der Waals surface area contributed by atoms with Crippen LogP contribution in [0.3, 0.4) is 0 Å². The number of nitrogens with one attached hydrogen (secondary N) is 1. The molecule has 0 atom stereocenters. The third-order valence-corrected chi connectivity index (χ3v) is 5.10. The minimum absolute atomic E-state index is 0.0210. The van der Waals surface area contributed by atoms with E-state index in [1.807, 2.05) is 0 Å². The molecule has 0 saturated carbocycles. The molecule has 2 heterocycles. The highest BCUT2D eigenvalue weighted by atomic mass is 32.3. The van der Waals surface area contributed by atoms with Crippen molar-refractivity contribution in [2.24, 2.45) is 4.40 Å². The van der Waals surface area contributed by atoms with Gasteiger partial charge in [0.25, 0.3) is 10.0 Å². The van der Waals surface area contributed by atoms with E-state index in [-0.39, 0.29) is 5.08 Å². The molecule has 0 aliphatic carbocycles. The lowest BCUT2D eigenvalue weighted by Gasteiger charge is -1.89. The van der Waals surface area contributed by atoms with Crippen LogP contribution in [-0.4, -0.2) is 33.3 Å². The molecule has 0 amide bonds. The molecule has 9 heteroatoms. The first-order valence-corrected chi connectivity index (χ1v) is 6.56. The van der Waals surface area contributed by atoms with Crippen LogP contribution < -0.4 is 0 Å². The fourth-order valence-electron chi connectivity index (χ4n) is 0.669. The minimum atomic E-state index is -3.23. The molecule has 0 aromatic carbocycles. The van der Waals surface area contributed by atoms with E-state index in [9.17, 15) is 8.42 Å². The van der Waals surface area contributed by atoms with Gasteiger partial charge in [-0.1, -0.05) is 11.8 Å². The summed E-state index contributed by atoms with van der Waals surface area (Å²) in [5, 5.41) is 10.4. The predicted molar refractivity (Wildman–Crippen MR) is 51.1 cm³/mol. The summed E-state index contributed by atoms with van der Waals surface area (Å²) in [5.74, 6) is 0. The van der Waals surface area contributed by atoms with E-state index in [0.29, 0.717) is 9.40 Å². The van der Waals surface area contributed by atoms with Crippen molar-refractivity contribution >= 4 is 37.9 Å². The summed E-state index contributed by atoms with van der Waals surface area (Å²) < 4.78 is 25.8. The van der Waals surface area contributed by atoms with Crippen LogP contribution in [0.25, 0.3) is 0 Å². The monoisotopic (exact) mass is 236 g/mol. The number of thioether (sulfide) groups is 2. The summed E-state index contributed by atoms with van der Waals surface area (Å²) in [5.41, 5.74) is 0. The molecule has 1 aliphatic heterocycles. The van der Waals surface area contributed by atoms with Crippen LogP contribution in [0.15, 0.2) is 15.6 Å². The normalized spacial score (nSPS) is 20.2. The van der Waals surface area contributed by atoms with E-state index in [2.05, 4.69) is 19.8 Å². The number of sulfonamides is 1. The van der Waals surface area contributed by atoms with E-state index in [0.717, 1.165) is 0 Å². The molecule has 0 radical (unpaired) electrons. The largest absolute Gasteiger partial charge is 0.264 e. The SMILES string of the molecule is O=S1(=O)CSC(Sc2cn[nH]n2)=N1. The van der Waals surface area contributed by atoms with Crippen molar-refractivity contribution in [1.82, 2.24) is 15.4 Å². The van der Waals surface area contributed by atoms with Crippen molar-refractivity contribution < 1.29 is 8.42 Å². The quantitative estimate of drug-likeness (QED) is 0.753. The summed E-state index contributed by atoms with van der Waals surface area (Å²) >= 11 is 2.38. The van der Waals surface area contributed by atoms with Crippen molar-refractivity contribution in [2.45, 2.75) is 5.03 Å². The first-order chi connectivity index (χ1) is 6.16. The van der Waals surface area contributed by atoms with Gasteiger partial charge < -0.3 is 0 Å². The molecular weight excluding hydrogens is 232 g/mol. The first-order valence-electron chi connectivity index (χ1n) is 3.15. The zero-order chi connectivity index (χ0) is 9.31. The van der Waals surface area contributed by atoms with Crippen molar-refractivity contribution in [3.63, 3.8) is 0 Å². The maximum atomic E-state index is 10.9. The van der Waals surface area contributed by atoms with Crippen LogP contribution in [0.4, 0.5) is 0 Å². The lowest BCUT2D eigenvalue weighted by atomic mass is 11.0. The topological polar surface area (TPSA) is 88.1 Å². The van der Waals surface area contributed by atoms with Crippen LogP contribution >= 0.6 is 23.5 Å². The highest BCUT2D eigenvalue weighted by Gasteiger charge is 2.22. The Labute approximate surface area is 82.6 Å². The van der Waals surface area contributed by atoms with Gasteiger partial charge in [-0.15, -0.1) is 9.50 Å². The Bertz CT molecular complexity index is 422. The molecule has 0 saturated heterocycles. The van der Waals surface area contributed by atoms with Crippen LogP contribution in [0.1, 0.15) is 0 Å². The van der Waals surface area contributed by atoms with Gasteiger partial charge in [0.15, 0.2) is 4.38 Å². The molecule has 1 N–H and O–H groups in total. The maximum absolute atomic E-state index is 10.9. The van der Waals surface area contributed by atoms with Gasteiger partial charge >= 0.3 is 0 Å². The summed E-state index contributed by atoms with van der Waals surface area (Å²) in [6.07, 6.45) is 1.51. The van der Waals surface area contributed by atoms with Gasteiger partial charge in [0.1, 0.15) is 10.1 Å². The molecule has 1 aromatic heterocycles. The third kappa shape index (κ3) is 2.23. The predicted octanol–water partition coefficient (Wildman–Crippen LogP) is 0.287. The molecule has 0 unspecified atom stereocenters. The van der Waals surface area contributed by atoms with E-state index in [1.165, 1.54) is 29.7 Å². The Morgan fingerprint density at radius 2 is 2.46 bits per heavy atom. The second kappa shape index (κ2) is 3.31. The molecule has 0 bridgehead atoms. The van der Waals surface area contributed by atoms with Crippen molar-refractivity contribution in [3.05, 3.63) is 6.20 Å². The van der Waals surface area contributed by atoms with E-state index >= 15 is 0 Å². The minimum Gasteiger partial charge on any atom is -0.204 e. The Morgan fingerprint density at radius 1 is 1.62 bits per heavy atom. The van der Waals surface area contributed by atoms with Gasteiger partial charge in [-0.05, 0) is 11.8 Å². The third-order valence-electron chi connectivity index (χ3n) is 1.13. The average Bonchev–Trinajstić information content (AvgIpc) is 2.61. The number of nitrogens with zero attached hydrogens (tertiary/aromatic N) is 3. The number of hydrogen-bond donors (Lipinski definition) is 1. The molecule has 1 aromatic rings. The Morgan fingerprint density at radius 3 is 3.00 bits per heavy atom. The van der Waals surface area contributed by atoms with E-state index in [4.69, 9.17) is 0 Å². The van der Waals surface area contributed by atoms with Crippen LogP contribution in [-0.2, 0) is 10.0 Å².